The molecule has 6 heteroatoms. The van der Waals surface area contributed by atoms with Crippen LogP contribution in [0.25, 0.3) is 11.0 Å². The van der Waals surface area contributed by atoms with Gasteiger partial charge in [-0.3, -0.25) is 4.79 Å². The van der Waals surface area contributed by atoms with E-state index in [0.717, 1.165) is 16.9 Å². The van der Waals surface area contributed by atoms with Crippen LogP contribution in [0.1, 0.15) is 23.1 Å². The fourth-order valence-corrected chi connectivity index (χ4v) is 2.68. The van der Waals surface area contributed by atoms with Crippen LogP contribution in [-0.2, 0) is 16.1 Å². The van der Waals surface area contributed by atoms with E-state index in [1.165, 1.54) is 18.2 Å². The first-order valence-corrected chi connectivity index (χ1v) is 8.54. The first-order valence-electron chi connectivity index (χ1n) is 8.54. The number of carbonyl (C=O) groups is 1. The molecule has 0 spiro atoms. The van der Waals surface area contributed by atoms with Crippen LogP contribution < -0.4 is 10.4 Å². The Kier molecular flexibility index (Phi) is 5.45. The lowest BCUT2D eigenvalue weighted by Gasteiger charge is -2.10. The first-order chi connectivity index (χ1) is 12.9. The Balaban J connectivity index is 1.59. The van der Waals surface area contributed by atoms with Crippen molar-refractivity contribution in [2.24, 2.45) is 0 Å². The maximum Gasteiger partial charge on any atom is 0.336 e. The molecule has 2 aromatic carbocycles. The van der Waals surface area contributed by atoms with Gasteiger partial charge in [-0.2, -0.15) is 0 Å². The Morgan fingerprint density at radius 1 is 1.11 bits per heavy atom. The van der Waals surface area contributed by atoms with E-state index in [2.05, 4.69) is 0 Å². The van der Waals surface area contributed by atoms with E-state index in [0.29, 0.717) is 10.9 Å². The van der Waals surface area contributed by atoms with Gasteiger partial charge in [0.2, 0.25) is 0 Å². The normalized spacial score (nSPS) is 10.7. The van der Waals surface area contributed by atoms with Gasteiger partial charge in [0.05, 0.1) is 13.0 Å². The summed E-state index contributed by atoms with van der Waals surface area (Å²) in [7, 11) is 0. The minimum absolute atomic E-state index is 0.0108. The number of aromatic hydroxyl groups is 1. The van der Waals surface area contributed by atoms with E-state index in [4.69, 9.17) is 13.9 Å². The molecule has 3 rings (SSSR count). The van der Waals surface area contributed by atoms with Gasteiger partial charge in [0.1, 0.15) is 23.7 Å². The fourth-order valence-electron chi connectivity index (χ4n) is 2.68. The molecule has 0 aliphatic heterocycles. The number of esters is 1. The monoisotopic (exact) mass is 368 g/mol. The van der Waals surface area contributed by atoms with Gasteiger partial charge in [-0.1, -0.05) is 12.1 Å². The number of carbonyl (C=O) groups excluding carboxylic acids is 1. The van der Waals surface area contributed by atoms with Gasteiger partial charge in [0.15, 0.2) is 0 Å². The molecule has 1 N–H and O–H groups in total. The zero-order valence-electron chi connectivity index (χ0n) is 15.2. The summed E-state index contributed by atoms with van der Waals surface area (Å²) in [5, 5.41) is 10.1. The van der Waals surface area contributed by atoms with Gasteiger partial charge in [-0.25, -0.2) is 4.79 Å². The number of phenols is 1. The van der Waals surface area contributed by atoms with Crippen molar-refractivity contribution in [2.45, 2.75) is 26.9 Å². The molecule has 0 atom stereocenters. The van der Waals surface area contributed by atoms with Crippen molar-refractivity contribution in [2.75, 3.05) is 6.61 Å². The van der Waals surface area contributed by atoms with Gasteiger partial charge < -0.3 is 19.0 Å². The van der Waals surface area contributed by atoms with Gasteiger partial charge in [0, 0.05) is 23.1 Å². The number of aryl methyl sites for hydroxylation is 2. The Morgan fingerprint density at radius 2 is 1.93 bits per heavy atom. The number of hydrogen-bond donors (Lipinski definition) is 1. The lowest BCUT2D eigenvalue weighted by Crippen LogP contribution is -2.11. The highest BCUT2D eigenvalue weighted by molar-refractivity contribution is 5.81. The van der Waals surface area contributed by atoms with Crippen molar-refractivity contribution in [3.05, 3.63) is 69.6 Å². The molecule has 0 bridgehead atoms. The highest BCUT2D eigenvalue weighted by atomic mass is 16.5. The van der Waals surface area contributed by atoms with E-state index in [1.54, 1.807) is 6.07 Å². The summed E-state index contributed by atoms with van der Waals surface area (Å²) in [4.78, 5) is 23.6. The van der Waals surface area contributed by atoms with Crippen LogP contribution in [0, 0.1) is 13.8 Å². The molecular weight excluding hydrogens is 348 g/mol. The van der Waals surface area contributed by atoms with Crippen LogP contribution in [-0.4, -0.2) is 17.7 Å². The summed E-state index contributed by atoms with van der Waals surface area (Å²) in [6.45, 7) is 4.06. The van der Waals surface area contributed by atoms with Crippen LogP contribution in [0.3, 0.4) is 0 Å². The van der Waals surface area contributed by atoms with Crippen molar-refractivity contribution in [3.8, 4) is 11.5 Å². The summed E-state index contributed by atoms with van der Waals surface area (Å²) in [5.74, 6) is 0.304. The maximum atomic E-state index is 12.0. The highest BCUT2D eigenvalue weighted by Gasteiger charge is 2.10. The van der Waals surface area contributed by atoms with Crippen molar-refractivity contribution >= 4 is 16.9 Å². The third-order valence-corrected chi connectivity index (χ3v) is 4.11. The van der Waals surface area contributed by atoms with Crippen LogP contribution in [0.15, 0.2) is 51.7 Å². The molecule has 1 aromatic heterocycles. The molecule has 140 valence electrons. The molecule has 0 unspecified atom stereocenters. The van der Waals surface area contributed by atoms with Crippen molar-refractivity contribution in [3.63, 3.8) is 0 Å². The quantitative estimate of drug-likeness (QED) is 0.528. The topological polar surface area (TPSA) is 86.0 Å². The largest absolute Gasteiger partial charge is 0.508 e. The van der Waals surface area contributed by atoms with Crippen LogP contribution in [0.5, 0.6) is 11.5 Å². The molecule has 6 nitrogen and oxygen atoms in total. The zero-order valence-corrected chi connectivity index (χ0v) is 15.2. The molecule has 0 saturated carbocycles. The Morgan fingerprint density at radius 3 is 2.74 bits per heavy atom. The molecular formula is C21H20O6. The van der Waals surface area contributed by atoms with Crippen molar-refractivity contribution in [1.29, 1.82) is 0 Å². The Bertz CT molecular complexity index is 1030. The third kappa shape index (κ3) is 4.67. The lowest BCUT2D eigenvalue weighted by molar-refractivity contribution is -0.145. The van der Waals surface area contributed by atoms with Gasteiger partial charge in [-0.05, 0) is 43.2 Å². The van der Waals surface area contributed by atoms with Gasteiger partial charge in [-0.15, -0.1) is 0 Å². The summed E-state index contributed by atoms with van der Waals surface area (Å²) < 4.78 is 15.9. The smallest absolute Gasteiger partial charge is 0.336 e. The summed E-state index contributed by atoms with van der Waals surface area (Å²) in [6.07, 6.45) is 0.0908. The molecule has 27 heavy (non-hydrogen) atoms. The summed E-state index contributed by atoms with van der Waals surface area (Å²) in [5.41, 5.74) is 2.27. The predicted octanol–water partition coefficient (Wildman–Crippen LogP) is 3.63. The molecule has 0 aliphatic rings. The third-order valence-electron chi connectivity index (χ3n) is 4.11. The Hall–Kier alpha value is -3.28. The molecule has 0 aliphatic carbocycles. The number of phenolic OH excluding ortho intramolecular Hbond substituents is 1. The molecule has 0 saturated heterocycles. The zero-order chi connectivity index (χ0) is 19.4. The van der Waals surface area contributed by atoms with E-state index < -0.39 is 11.6 Å². The lowest BCUT2D eigenvalue weighted by atomic mass is 10.1. The van der Waals surface area contributed by atoms with E-state index in [-0.39, 0.29) is 31.0 Å². The van der Waals surface area contributed by atoms with Crippen LogP contribution >= 0.6 is 0 Å². The first kappa shape index (κ1) is 18.5. The molecule has 3 aromatic rings. The standard InChI is InChI=1S/C21H20O6/c1-13-3-4-14(2)18(9-13)25-8-7-20(23)26-12-15-10-21(24)27-19-11-16(22)5-6-17(15)19/h3-6,9-11,22H,7-8,12H2,1-2H3. The average Bonchev–Trinajstić information content (AvgIpc) is 2.62. The van der Waals surface area contributed by atoms with E-state index in [9.17, 15) is 14.7 Å². The number of rotatable bonds is 6. The van der Waals surface area contributed by atoms with E-state index in [1.807, 2.05) is 32.0 Å². The van der Waals surface area contributed by atoms with E-state index >= 15 is 0 Å². The second kappa shape index (κ2) is 7.95. The van der Waals surface area contributed by atoms with Gasteiger partial charge >= 0.3 is 11.6 Å². The molecule has 0 fully saturated rings. The number of benzene rings is 2. The second-order valence-electron chi connectivity index (χ2n) is 6.30. The number of ether oxygens (including phenoxy) is 2. The molecule has 0 radical (unpaired) electrons. The minimum atomic E-state index is -0.572. The second-order valence-corrected chi connectivity index (χ2v) is 6.30. The number of fused-ring (bicyclic) bond motifs is 1. The van der Waals surface area contributed by atoms with Crippen molar-refractivity contribution in [1.82, 2.24) is 0 Å². The highest BCUT2D eigenvalue weighted by Crippen LogP contribution is 2.22. The average molecular weight is 368 g/mol. The summed E-state index contributed by atoms with van der Waals surface area (Å²) >= 11 is 0. The van der Waals surface area contributed by atoms with Crippen LogP contribution in [0.2, 0.25) is 0 Å². The predicted molar refractivity (Wildman–Crippen MR) is 100.0 cm³/mol. The fraction of sp³-hybridized carbons (Fsp3) is 0.238. The Labute approximate surface area is 156 Å². The number of hydrogen-bond acceptors (Lipinski definition) is 6. The minimum Gasteiger partial charge on any atom is -0.508 e. The summed E-state index contributed by atoms with van der Waals surface area (Å²) in [6, 6.07) is 11.6. The molecule has 0 amide bonds. The maximum absolute atomic E-state index is 12.0. The van der Waals surface area contributed by atoms with Gasteiger partial charge in [0.25, 0.3) is 0 Å². The molecule has 1 heterocycles. The van der Waals surface area contributed by atoms with Crippen LogP contribution in [0.4, 0.5) is 0 Å². The SMILES string of the molecule is Cc1ccc(C)c(OCCC(=O)OCc2cc(=O)oc3cc(O)ccc23)c1. The van der Waals surface area contributed by atoms with Crippen molar-refractivity contribution < 1.29 is 23.8 Å².